The maximum Gasteiger partial charge on any atom is 0.123 e. The predicted octanol–water partition coefficient (Wildman–Crippen LogP) is 2.91. The SMILES string of the molecule is CCCC1CCN(c2ccc(C(=N)N)c(C)c2)C1. The molecular formula is C15H23N3. The molecule has 0 bridgehead atoms. The van der Waals surface area contributed by atoms with Gasteiger partial charge in [0.1, 0.15) is 5.84 Å². The van der Waals surface area contributed by atoms with Crippen molar-refractivity contribution in [3.63, 3.8) is 0 Å². The van der Waals surface area contributed by atoms with E-state index < -0.39 is 0 Å². The van der Waals surface area contributed by atoms with Gasteiger partial charge in [0.05, 0.1) is 0 Å². The second kappa shape index (κ2) is 5.42. The number of benzene rings is 1. The average Bonchev–Trinajstić information content (AvgIpc) is 2.77. The van der Waals surface area contributed by atoms with Crippen LogP contribution in [-0.4, -0.2) is 18.9 Å². The van der Waals surface area contributed by atoms with Gasteiger partial charge in [0, 0.05) is 24.3 Å². The number of hydrogen-bond donors (Lipinski definition) is 2. The molecule has 1 atom stereocenters. The molecule has 18 heavy (non-hydrogen) atoms. The van der Waals surface area contributed by atoms with Crippen LogP contribution in [0.4, 0.5) is 5.69 Å². The van der Waals surface area contributed by atoms with Crippen LogP contribution in [0.2, 0.25) is 0 Å². The Kier molecular flexibility index (Phi) is 3.90. The number of nitrogens with zero attached hydrogens (tertiary/aromatic N) is 1. The fourth-order valence-corrected chi connectivity index (χ4v) is 2.86. The number of nitrogens with two attached hydrogens (primary N) is 1. The Labute approximate surface area is 109 Å². The van der Waals surface area contributed by atoms with Crippen molar-refractivity contribution in [2.45, 2.75) is 33.1 Å². The molecule has 1 aliphatic heterocycles. The molecule has 0 amide bonds. The molecule has 0 spiro atoms. The van der Waals surface area contributed by atoms with Gasteiger partial charge in [-0.25, -0.2) is 0 Å². The van der Waals surface area contributed by atoms with Crippen LogP contribution in [0, 0.1) is 18.3 Å². The summed E-state index contributed by atoms with van der Waals surface area (Å²) in [7, 11) is 0. The van der Waals surface area contributed by atoms with Crippen molar-refractivity contribution in [2.24, 2.45) is 11.7 Å². The molecule has 0 aliphatic carbocycles. The van der Waals surface area contributed by atoms with Crippen molar-refractivity contribution < 1.29 is 0 Å². The van der Waals surface area contributed by atoms with E-state index in [9.17, 15) is 0 Å². The van der Waals surface area contributed by atoms with E-state index >= 15 is 0 Å². The van der Waals surface area contributed by atoms with Crippen molar-refractivity contribution in [2.75, 3.05) is 18.0 Å². The highest BCUT2D eigenvalue weighted by Gasteiger charge is 2.22. The van der Waals surface area contributed by atoms with Crippen LogP contribution in [0.3, 0.4) is 0 Å². The number of nitrogens with one attached hydrogen (secondary N) is 1. The van der Waals surface area contributed by atoms with E-state index in [-0.39, 0.29) is 5.84 Å². The first-order valence-corrected chi connectivity index (χ1v) is 6.81. The smallest absolute Gasteiger partial charge is 0.123 e. The van der Waals surface area contributed by atoms with Crippen LogP contribution < -0.4 is 10.6 Å². The number of aryl methyl sites for hydroxylation is 1. The van der Waals surface area contributed by atoms with E-state index in [0.29, 0.717) is 0 Å². The number of hydrogen-bond acceptors (Lipinski definition) is 2. The van der Waals surface area contributed by atoms with E-state index in [0.717, 1.165) is 23.6 Å². The zero-order valence-corrected chi connectivity index (χ0v) is 11.4. The van der Waals surface area contributed by atoms with Crippen LogP contribution in [0.5, 0.6) is 0 Å². The molecule has 1 aromatic carbocycles. The van der Waals surface area contributed by atoms with Gasteiger partial charge in [0.25, 0.3) is 0 Å². The van der Waals surface area contributed by atoms with Crippen LogP contribution in [0.15, 0.2) is 18.2 Å². The summed E-state index contributed by atoms with van der Waals surface area (Å²) in [6.07, 6.45) is 3.92. The lowest BCUT2D eigenvalue weighted by molar-refractivity contribution is 0.530. The van der Waals surface area contributed by atoms with Gasteiger partial charge in [-0.1, -0.05) is 13.3 Å². The van der Waals surface area contributed by atoms with Gasteiger partial charge in [-0.05, 0) is 49.4 Å². The summed E-state index contributed by atoms with van der Waals surface area (Å²) in [5.41, 5.74) is 8.77. The molecule has 1 heterocycles. The number of anilines is 1. The molecule has 1 aliphatic rings. The third kappa shape index (κ3) is 2.66. The molecule has 3 N–H and O–H groups in total. The summed E-state index contributed by atoms with van der Waals surface area (Å²) < 4.78 is 0. The van der Waals surface area contributed by atoms with E-state index in [1.807, 2.05) is 13.0 Å². The molecule has 1 saturated heterocycles. The predicted molar refractivity (Wildman–Crippen MR) is 77.4 cm³/mol. The minimum absolute atomic E-state index is 0.157. The average molecular weight is 245 g/mol. The van der Waals surface area contributed by atoms with Gasteiger partial charge in [-0.3, -0.25) is 5.41 Å². The molecule has 1 aromatic rings. The molecular weight excluding hydrogens is 222 g/mol. The molecule has 2 rings (SSSR count). The summed E-state index contributed by atoms with van der Waals surface area (Å²) >= 11 is 0. The standard InChI is InChI=1S/C15H23N3/c1-3-4-12-7-8-18(10-12)13-5-6-14(15(16)17)11(2)9-13/h5-6,9,12H,3-4,7-8,10H2,1-2H3,(H3,16,17). The lowest BCUT2D eigenvalue weighted by Crippen LogP contribution is -2.20. The van der Waals surface area contributed by atoms with Crippen LogP contribution in [0.25, 0.3) is 0 Å². The minimum Gasteiger partial charge on any atom is -0.384 e. The minimum atomic E-state index is 0.157. The number of amidine groups is 1. The maximum absolute atomic E-state index is 7.51. The molecule has 0 saturated carbocycles. The van der Waals surface area contributed by atoms with Crippen molar-refractivity contribution in [3.8, 4) is 0 Å². The number of rotatable bonds is 4. The van der Waals surface area contributed by atoms with Crippen LogP contribution in [0.1, 0.15) is 37.3 Å². The largest absolute Gasteiger partial charge is 0.384 e. The zero-order chi connectivity index (χ0) is 13.1. The number of nitrogen functional groups attached to an aromatic ring is 1. The van der Waals surface area contributed by atoms with E-state index in [1.165, 1.54) is 31.5 Å². The summed E-state index contributed by atoms with van der Waals surface area (Å²) in [5.74, 6) is 1.01. The van der Waals surface area contributed by atoms with Gasteiger partial charge in [-0.2, -0.15) is 0 Å². The molecule has 0 radical (unpaired) electrons. The van der Waals surface area contributed by atoms with Gasteiger partial charge >= 0.3 is 0 Å². The maximum atomic E-state index is 7.51. The third-order valence-corrected chi connectivity index (χ3v) is 3.85. The third-order valence-electron chi connectivity index (χ3n) is 3.85. The first-order chi connectivity index (χ1) is 8.61. The Morgan fingerprint density at radius 2 is 2.28 bits per heavy atom. The lowest BCUT2D eigenvalue weighted by atomic mass is 10.0. The fourth-order valence-electron chi connectivity index (χ4n) is 2.86. The summed E-state index contributed by atoms with van der Waals surface area (Å²) in [6, 6.07) is 6.23. The second-order valence-corrected chi connectivity index (χ2v) is 5.30. The normalized spacial score (nSPS) is 19.2. The lowest BCUT2D eigenvalue weighted by Gasteiger charge is -2.20. The molecule has 3 heteroatoms. The highest BCUT2D eigenvalue weighted by atomic mass is 15.1. The van der Waals surface area contributed by atoms with Gasteiger partial charge in [0.15, 0.2) is 0 Å². The van der Waals surface area contributed by atoms with Crippen LogP contribution in [-0.2, 0) is 0 Å². The fraction of sp³-hybridized carbons (Fsp3) is 0.533. The molecule has 0 aromatic heterocycles. The first kappa shape index (κ1) is 12.9. The van der Waals surface area contributed by atoms with Crippen molar-refractivity contribution in [3.05, 3.63) is 29.3 Å². The Bertz CT molecular complexity index is 439. The van der Waals surface area contributed by atoms with Crippen LogP contribution >= 0.6 is 0 Å². The molecule has 98 valence electrons. The monoisotopic (exact) mass is 245 g/mol. The van der Waals surface area contributed by atoms with Crippen molar-refractivity contribution >= 4 is 11.5 Å². The first-order valence-electron chi connectivity index (χ1n) is 6.81. The molecule has 3 nitrogen and oxygen atoms in total. The highest BCUT2D eigenvalue weighted by molar-refractivity contribution is 5.96. The Morgan fingerprint density at radius 3 is 2.89 bits per heavy atom. The van der Waals surface area contributed by atoms with Gasteiger partial charge in [0.2, 0.25) is 0 Å². The summed E-state index contributed by atoms with van der Waals surface area (Å²) in [4.78, 5) is 2.46. The van der Waals surface area contributed by atoms with Crippen molar-refractivity contribution in [1.29, 1.82) is 5.41 Å². The summed E-state index contributed by atoms with van der Waals surface area (Å²) in [6.45, 7) is 6.62. The van der Waals surface area contributed by atoms with E-state index in [4.69, 9.17) is 11.1 Å². The van der Waals surface area contributed by atoms with E-state index in [2.05, 4.69) is 24.0 Å². The molecule has 1 unspecified atom stereocenters. The highest BCUT2D eigenvalue weighted by Crippen LogP contribution is 2.27. The zero-order valence-electron chi connectivity index (χ0n) is 11.4. The van der Waals surface area contributed by atoms with Gasteiger partial charge in [-0.15, -0.1) is 0 Å². The second-order valence-electron chi connectivity index (χ2n) is 5.30. The summed E-state index contributed by atoms with van der Waals surface area (Å²) in [5, 5.41) is 7.51. The molecule has 1 fully saturated rings. The quantitative estimate of drug-likeness (QED) is 0.633. The van der Waals surface area contributed by atoms with Gasteiger partial charge < -0.3 is 10.6 Å². The Morgan fingerprint density at radius 1 is 1.50 bits per heavy atom. The van der Waals surface area contributed by atoms with Crippen molar-refractivity contribution in [1.82, 2.24) is 0 Å². The Balaban J connectivity index is 2.11. The topological polar surface area (TPSA) is 53.1 Å². The Hall–Kier alpha value is -1.51. The van der Waals surface area contributed by atoms with E-state index in [1.54, 1.807) is 0 Å².